The van der Waals surface area contributed by atoms with E-state index in [0.29, 0.717) is 0 Å². The summed E-state index contributed by atoms with van der Waals surface area (Å²) < 4.78 is 0. The Morgan fingerprint density at radius 1 is 0.189 bits per heavy atom. The van der Waals surface area contributed by atoms with Gasteiger partial charge in [-0.05, 0) is 207 Å². The van der Waals surface area contributed by atoms with Crippen molar-refractivity contribution in [2.75, 3.05) is 0 Å². The van der Waals surface area contributed by atoms with E-state index in [1.54, 1.807) is 31.0 Å². The van der Waals surface area contributed by atoms with Crippen molar-refractivity contribution < 1.29 is 0 Å². The van der Waals surface area contributed by atoms with Crippen molar-refractivity contribution in [2.45, 2.75) is 249 Å². The molecule has 0 saturated heterocycles. The topological polar surface area (TPSA) is 168 Å². The zero-order valence-electron chi connectivity index (χ0n) is 64.1. The molecular formula is C77H131N13. The molecule has 90 heavy (non-hydrogen) atoms. The SMILES string of the molecule is CC.CC.CC.CC.CC.CC.CC.CC.CC.Cc1ccc(C)nc1.Cc1cccc(C)n1.Cc1ccnc(C)c1.Cc1ccnc(C)c1.Cc1ccnc(C)n1.Cc1cnc(C)cn1.Cc1cnc(C)nc1.Cc1cncc(C)c1.Cc1cncc(C)n1. The fraction of sp³-hybridized carbons (Fsp3) is 0.468. The normalized spacial score (nSPS) is 8.00. The highest BCUT2D eigenvalue weighted by Crippen LogP contribution is 2.00. The maximum Gasteiger partial charge on any atom is 0.125 e. The molecule has 0 bridgehead atoms. The summed E-state index contributed by atoms with van der Waals surface area (Å²) in [5.41, 5.74) is 17.7. The fourth-order valence-corrected chi connectivity index (χ4v) is 5.38. The zero-order valence-corrected chi connectivity index (χ0v) is 64.1. The first-order valence-electron chi connectivity index (χ1n) is 32.6. The van der Waals surface area contributed by atoms with E-state index >= 15 is 0 Å². The van der Waals surface area contributed by atoms with Crippen LogP contribution in [0.5, 0.6) is 0 Å². The van der Waals surface area contributed by atoms with Crippen molar-refractivity contribution in [3.05, 3.63) is 243 Å². The third-order valence-corrected chi connectivity index (χ3v) is 8.81. The summed E-state index contributed by atoms with van der Waals surface area (Å²) in [6.07, 6.45) is 21.6. The molecule has 0 unspecified atom stereocenters. The zero-order chi connectivity index (χ0) is 71.8. The summed E-state index contributed by atoms with van der Waals surface area (Å²) >= 11 is 0. The Kier molecular flexibility index (Phi) is 86.6. The van der Waals surface area contributed by atoms with Gasteiger partial charge in [-0.15, -0.1) is 0 Å². The van der Waals surface area contributed by atoms with Crippen LogP contribution in [0.3, 0.4) is 0 Å². The van der Waals surface area contributed by atoms with E-state index in [1.165, 1.54) is 27.8 Å². The highest BCUT2D eigenvalue weighted by Gasteiger charge is 1.88. The van der Waals surface area contributed by atoms with Gasteiger partial charge >= 0.3 is 0 Å². The van der Waals surface area contributed by atoms with Crippen LogP contribution in [0.25, 0.3) is 0 Å². The molecule has 0 aromatic carbocycles. The van der Waals surface area contributed by atoms with Crippen LogP contribution in [0.1, 0.15) is 227 Å². The lowest BCUT2D eigenvalue weighted by atomic mass is 10.2. The number of aromatic nitrogens is 13. The summed E-state index contributed by atoms with van der Waals surface area (Å²) in [7, 11) is 0. The Labute approximate surface area is 554 Å². The van der Waals surface area contributed by atoms with Crippen LogP contribution >= 0.6 is 0 Å². The Morgan fingerprint density at radius 3 is 0.756 bits per heavy atom. The molecule has 0 aliphatic heterocycles. The molecule has 13 nitrogen and oxygen atoms in total. The van der Waals surface area contributed by atoms with E-state index < -0.39 is 0 Å². The van der Waals surface area contributed by atoms with Crippen LogP contribution < -0.4 is 0 Å². The maximum atomic E-state index is 4.17. The van der Waals surface area contributed by atoms with Gasteiger partial charge < -0.3 is 0 Å². The predicted molar refractivity (Wildman–Crippen MR) is 397 cm³/mol. The highest BCUT2D eigenvalue weighted by atomic mass is 14.9. The second-order valence-corrected chi connectivity index (χ2v) is 17.0. The molecule has 0 spiro atoms. The second kappa shape index (κ2) is 77.2. The molecule has 504 valence electrons. The van der Waals surface area contributed by atoms with Gasteiger partial charge in [-0.1, -0.05) is 143 Å². The fourth-order valence-electron chi connectivity index (χ4n) is 5.38. The van der Waals surface area contributed by atoms with E-state index in [1.807, 2.05) is 321 Å². The van der Waals surface area contributed by atoms with Gasteiger partial charge in [0.05, 0.1) is 22.8 Å². The summed E-state index contributed by atoms with van der Waals surface area (Å²) in [6.45, 7) is 71.6. The summed E-state index contributed by atoms with van der Waals surface area (Å²) in [5.74, 6) is 1.67. The maximum absolute atomic E-state index is 4.17. The van der Waals surface area contributed by atoms with E-state index in [9.17, 15) is 0 Å². The average Bonchev–Trinajstić information content (AvgIpc) is 3.57. The van der Waals surface area contributed by atoms with Gasteiger partial charge in [0.25, 0.3) is 0 Å². The number of hydrogen-bond donors (Lipinski definition) is 0. The molecule has 0 atom stereocenters. The Balaban J connectivity index is -0.000000113. The standard InChI is InChI=1S/5C7H9N.4C6H8N2.9C2H6/c1-6-3-7(2)5-8-4-6;2*1-6-3-4-8-7(2)5-6;1-6-3-4-7(2)8-5-6;1-6-4-3-5-7(2)8-6;1-5-3-8-6(2)4-7-5;1-5-3-7-4-6(2)8-5;1-5-3-7-6(2)8-4-5;1-5-3-4-7-6(2)8-5;9*1-2/h5*3-5H,1-2H3;4*3-4H,1-2H3;9*1-2H3. The van der Waals surface area contributed by atoms with Gasteiger partial charge in [-0.25, -0.2) is 19.9 Å². The van der Waals surface area contributed by atoms with E-state index in [2.05, 4.69) is 103 Å². The molecule has 0 amide bonds. The van der Waals surface area contributed by atoms with Gasteiger partial charge in [0.1, 0.15) is 11.6 Å². The number of rotatable bonds is 0. The Morgan fingerprint density at radius 2 is 0.533 bits per heavy atom. The minimum atomic E-state index is 0.829. The van der Waals surface area contributed by atoms with Crippen molar-refractivity contribution in [1.82, 2.24) is 64.8 Å². The van der Waals surface area contributed by atoms with E-state index in [0.717, 1.165) is 74.2 Å². The van der Waals surface area contributed by atoms with Gasteiger partial charge in [0, 0.05) is 109 Å². The molecule has 9 rings (SSSR count). The molecule has 0 aliphatic carbocycles. The smallest absolute Gasteiger partial charge is 0.125 e. The van der Waals surface area contributed by atoms with E-state index in [-0.39, 0.29) is 0 Å². The quantitative estimate of drug-likeness (QED) is 0.141. The van der Waals surface area contributed by atoms with E-state index in [4.69, 9.17) is 0 Å². The molecule has 0 radical (unpaired) electrons. The number of nitrogens with zero attached hydrogens (tertiary/aromatic N) is 13. The van der Waals surface area contributed by atoms with Crippen LogP contribution in [0.15, 0.2) is 141 Å². The second-order valence-electron chi connectivity index (χ2n) is 17.0. The Bertz CT molecular complexity index is 2230. The lowest BCUT2D eigenvalue weighted by Gasteiger charge is -1.90. The minimum absolute atomic E-state index is 0.829. The van der Waals surface area contributed by atoms with Crippen LogP contribution in [-0.2, 0) is 0 Å². The van der Waals surface area contributed by atoms with Gasteiger partial charge in [0.15, 0.2) is 0 Å². The molecule has 9 aromatic rings. The first-order valence-corrected chi connectivity index (χ1v) is 32.6. The van der Waals surface area contributed by atoms with Gasteiger partial charge in [-0.3, -0.25) is 44.9 Å². The summed E-state index contributed by atoms with van der Waals surface area (Å²) in [5, 5.41) is 0. The predicted octanol–water partition coefficient (Wildman–Crippen LogP) is 22.1. The molecule has 0 fully saturated rings. The number of hydrogen-bond acceptors (Lipinski definition) is 13. The average molecular weight is 1240 g/mol. The third-order valence-electron chi connectivity index (χ3n) is 8.81. The first kappa shape index (κ1) is 101. The molecule has 9 aromatic heterocycles. The van der Waals surface area contributed by atoms with Gasteiger partial charge in [-0.2, -0.15) is 0 Å². The van der Waals surface area contributed by atoms with Crippen LogP contribution in [0.2, 0.25) is 0 Å². The summed E-state index contributed by atoms with van der Waals surface area (Å²) in [6, 6.07) is 22.1. The lowest BCUT2D eigenvalue weighted by Crippen LogP contribution is -1.86. The third kappa shape index (κ3) is 74.3. The largest absolute Gasteiger partial charge is 0.264 e. The van der Waals surface area contributed by atoms with Crippen LogP contribution in [0.4, 0.5) is 0 Å². The molecular weight excluding hydrogens is 1110 g/mol. The molecule has 0 saturated carbocycles. The van der Waals surface area contributed by atoms with Gasteiger partial charge in [0.2, 0.25) is 0 Å². The Hall–Kier alpha value is -7.93. The van der Waals surface area contributed by atoms with Crippen LogP contribution in [0, 0.1) is 125 Å². The minimum Gasteiger partial charge on any atom is -0.264 e. The van der Waals surface area contributed by atoms with Crippen molar-refractivity contribution in [2.24, 2.45) is 0 Å². The molecule has 9 heterocycles. The summed E-state index contributed by atoms with van der Waals surface area (Å²) in [4.78, 5) is 52.3. The molecule has 13 heteroatoms. The van der Waals surface area contributed by atoms with Crippen molar-refractivity contribution in [3.63, 3.8) is 0 Å². The number of pyridine rings is 5. The van der Waals surface area contributed by atoms with Crippen molar-refractivity contribution in [1.29, 1.82) is 0 Å². The first-order chi connectivity index (χ1) is 43.1. The lowest BCUT2D eigenvalue weighted by molar-refractivity contribution is 1.01. The molecule has 0 N–H and O–H groups in total. The highest BCUT2D eigenvalue weighted by molar-refractivity contribution is 5.15. The van der Waals surface area contributed by atoms with Crippen molar-refractivity contribution >= 4 is 0 Å². The monoisotopic (exact) mass is 1240 g/mol. The molecule has 0 aliphatic rings. The van der Waals surface area contributed by atoms with Crippen molar-refractivity contribution in [3.8, 4) is 0 Å². The number of aryl methyl sites for hydroxylation is 18. The van der Waals surface area contributed by atoms with Crippen LogP contribution in [-0.4, -0.2) is 64.8 Å².